The van der Waals surface area contributed by atoms with Crippen LogP contribution in [-0.4, -0.2) is 13.1 Å². The van der Waals surface area contributed by atoms with Gasteiger partial charge in [0.1, 0.15) is 0 Å². The largest absolute Gasteiger partial charge is 0.317 e. The van der Waals surface area contributed by atoms with Gasteiger partial charge in [0, 0.05) is 6.04 Å². The zero-order valence-corrected chi connectivity index (χ0v) is 9.35. The standard InChI is InChI=1S/C11H25N/c1-6-11(12-5)8-7-10(4)9(2)3/h9-12H,6-8H2,1-5H3. The van der Waals surface area contributed by atoms with E-state index in [1.54, 1.807) is 0 Å². The van der Waals surface area contributed by atoms with E-state index in [0.29, 0.717) is 0 Å². The molecular formula is C11H25N. The van der Waals surface area contributed by atoms with Crippen LogP contribution in [-0.2, 0) is 0 Å². The van der Waals surface area contributed by atoms with Gasteiger partial charge in [-0.25, -0.2) is 0 Å². The van der Waals surface area contributed by atoms with Gasteiger partial charge >= 0.3 is 0 Å². The fourth-order valence-corrected chi connectivity index (χ4v) is 1.35. The minimum atomic E-state index is 0.728. The molecule has 0 saturated heterocycles. The second-order valence-corrected chi connectivity index (χ2v) is 4.19. The predicted molar refractivity (Wildman–Crippen MR) is 56.4 cm³/mol. The summed E-state index contributed by atoms with van der Waals surface area (Å²) in [5, 5.41) is 3.35. The van der Waals surface area contributed by atoms with Crippen LogP contribution in [0.25, 0.3) is 0 Å². The van der Waals surface area contributed by atoms with Crippen LogP contribution in [0.15, 0.2) is 0 Å². The van der Waals surface area contributed by atoms with E-state index >= 15 is 0 Å². The van der Waals surface area contributed by atoms with Crippen LogP contribution in [0.5, 0.6) is 0 Å². The maximum Gasteiger partial charge on any atom is 0.00615 e. The molecule has 0 aromatic carbocycles. The number of nitrogens with one attached hydrogen (secondary N) is 1. The van der Waals surface area contributed by atoms with Crippen molar-refractivity contribution in [3.05, 3.63) is 0 Å². The Balaban J connectivity index is 3.51. The van der Waals surface area contributed by atoms with Crippen molar-refractivity contribution in [1.29, 1.82) is 0 Å². The van der Waals surface area contributed by atoms with Gasteiger partial charge in [-0.15, -0.1) is 0 Å². The van der Waals surface area contributed by atoms with Crippen LogP contribution >= 0.6 is 0 Å². The number of hydrogen-bond acceptors (Lipinski definition) is 1. The molecule has 74 valence electrons. The van der Waals surface area contributed by atoms with Crippen LogP contribution in [0.4, 0.5) is 0 Å². The third-order valence-electron chi connectivity index (χ3n) is 3.01. The summed E-state index contributed by atoms with van der Waals surface area (Å²) in [5.41, 5.74) is 0. The molecule has 0 radical (unpaired) electrons. The van der Waals surface area contributed by atoms with E-state index in [4.69, 9.17) is 0 Å². The quantitative estimate of drug-likeness (QED) is 0.647. The Bertz CT molecular complexity index is 93.2. The van der Waals surface area contributed by atoms with Crippen molar-refractivity contribution in [3.63, 3.8) is 0 Å². The Labute approximate surface area is 77.9 Å². The van der Waals surface area contributed by atoms with Crippen molar-refractivity contribution < 1.29 is 0 Å². The summed E-state index contributed by atoms with van der Waals surface area (Å²) in [6.45, 7) is 9.23. The van der Waals surface area contributed by atoms with Gasteiger partial charge in [-0.3, -0.25) is 0 Å². The molecule has 2 unspecified atom stereocenters. The molecule has 0 bridgehead atoms. The van der Waals surface area contributed by atoms with Gasteiger partial charge in [0.05, 0.1) is 0 Å². The van der Waals surface area contributed by atoms with Crippen LogP contribution < -0.4 is 5.32 Å². The predicted octanol–water partition coefficient (Wildman–Crippen LogP) is 3.06. The third-order valence-corrected chi connectivity index (χ3v) is 3.01. The zero-order chi connectivity index (χ0) is 9.56. The molecule has 0 fully saturated rings. The van der Waals surface area contributed by atoms with Crippen molar-refractivity contribution in [2.45, 2.75) is 53.0 Å². The van der Waals surface area contributed by atoms with Crippen LogP contribution in [0.3, 0.4) is 0 Å². The Kier molecular flexibility index (Phi) is 6.45. The van der Waals surface area contributed by atoms with E-state index in [1.165, 1.54) is 19.3 Å². The summed E-state index contributed by atoms with van der Waals surface area (Å²) >= 11 is 0. The molecule has 0 aromatic heterocycles. The van der Waals surface area contributed by atoms with E-state index in [-0.39, 0.29) is 0 Å². The highest BCUT2D eigenvalue weighted by atomic mass is 14.9. The lowest BCUT2D eigenvalue weighted by Gasteiger charge is -2.19. The van der Waals surface area contributed by atoms with Crippen molar-refractivity contribution in [1.82, 2.24) is 5.32 Å². The zero-order valence-electron chi connectivity index (χ0n) is 9.35. The Morgan fingerprint density at radius 2 is 1.67 bits per heavy atom. The number of rotatable bonds is 6. The highest BCUT2D eigenvalue weighted by Crippen LogP contribution is 2.17. The normalized spacial score (nSPS) is 16.5. The average molecular weight is 171 g/mol. The highest BCUT2D eigenvalue weighted by Gasteiger charge is 2.09. The van der Waals surface area contributed by atoms with Gasteiger partial charge in [0.2, 0.25) is 0 Å². The summed E-state index contributed by atoms with van der Waals surface area (Å²) < 4.78 is 0. The van der Waals surface area contributed by atoms with Crippen molar-refractivity contribution >= 4 is 0 Å². The summed E-state index contributed by atoms with van der Waals surface area (Å²) in [7, 11) is 2.06. The van der Waals surface area contributed by atoms with Gasteiger partial charge in [0.15, 0.2) is 0 Å². The second kappa shape index (κ2) is 6.47. The molecule has 0 spiro atoms. The summed E-state index contributed by atoms with van der Waals surface area (Å²) in [5.74, 6) is 1.70. The van der Waals surface area contributed by atoms with E-state index in [2.05, 4.69) is 40.1 Å². The molecule has 0 rings (SSSR count). The first-order chi connectivity index (χ1) is 5.61. The molecule has 2 atom stereocenters. The summed E-state index contributed by atoms with van der Waals surface area (Å²) in [6.07, 6.45) is 3.94. The van der Waals surface area contributed by atoms with Crippen molar-refractivity contribution in [2.75, 3.05) is 7.05 Å². The van der Waals surface area contributed by atoms with Gasteiger partial charge in [-0.2, -0.15) is 0 Å². The first-order valence-corrected chi connectivity index (χ1v) is 5.29. The molecule has 1 heteroatoms. The van der Waals surface area contributed by atoms with E-state index in [1.807, 2.05) is 0 Å². The molecule has 0 aromatic rings. The first-order valence-electron chi connectivity index (χ1n) is 5.29. The monoisotopic (exact) mass is 171 g/mol. The van der Waals surface area contributed by atoms with Crippen LogP contribution in [0.2, 0.25) is 0 Å². The van der Waals surface area contributed by atoms with E-state index in [9.17, 15) is 0 Å². The minimum absolute atomic E-state index is 0.728. The third kappa shape index (κ3) is 4.76. The van der Waals surface area contributed by atoms with Gasteiger partial charge in [-0.1, -0.05) is 27.7 Å². The molecule has 1 N–H and O–H groups in total. The molecule has 0 aliphatic rings. The van der Waals surface area contributed by atoms with Crippen LogP contribution in [0.1, 0.15) is 47.0 Å². The molecule has 0 amide bonds. The lowest BCUT2D eigenvalue weighted by molar-refractivity contribution is 0.352. The lowest BCUT2D eigenvalue weighted by atomic mass is 9.91. The van der Waals surface area contributed by atoms with Crippen molar-refractivity contribution in [2.24, 2.45) is 11.8 Å². The van der Waals surface area contributed by atoms with Crippen LogP contribution in [0, 0.1) is 11.8 Å². The Morgan fingerprint density at radius 3 is 2.00 bits per heavy atom. The van der Waals surface area contributed by atoms with Gasteiger partial charge < -0.3 is 5.32 Å². The average Bonchev–Trinajstić information content (AvgIpc) is 2.05. The second-order valence-electron chi connectivity index (χ2n) is 4.19. The summed E-state index contributed by atoms with van der Waals surface area (Å²) in [6, 6.07) is 0.728. The van der Waals surface area contributed by atoms with Gasteiger partial charge in [0.25, 0.3) is 0 Å². The molecular weight excluding hydrogens is 146 g/mol. The smallest absolute Gasteiger partial charge is 0.00615 e. The minimum Gasteiger partial charge on any atom is -0.317 e. The molecule has 0 heterocycles. The lowest BCUT2D eigenvalue weighted by Crippen LogP contribution is -2.25. The van der Waals surface area contributed by atoms with E-state index < -0.39 is 0 Å². The molecule has 0 aliphatic carbocycles. The van der Waals surface area contributed by atoms with Crippen molar-refractivity contribution in [3.8, 4) is 0 Å². The topological polar surface area (TPSA) is 12.0 Å². The van der Waals surface area contributed by atoms with E-state index in [0.717, 1.165) is 17.9 Å². The Morgan fingerprint density at radius 1 is 1.08 bits per heavy atom. The fourth-order valence-electron chi connectivity index (χ4n) is 1.35. The molecule has 0 aliphatic heterocycles. The maximum atomic E-state index is 3.35. The fraction of sp³-hybridized carbons (Fsp3) is 1.00. The molecule has 12 heavy (non-hydrogen) atoms. The Hall–Kier alpha value is -0.0400. The molecule has 0 saturated carbocycles. The first kappa shape index (κ1) is 12.0. The SMILES string of the molecule is CCC(CCC(C)C(C)C)NC. The molecule has 1 nitrogen and oxygen atoms in total. The summed E-state index contributed by atoms with van der Waals surface area (Å²) in [4.78, 5) is 0. The van der Waals surface area contributed by atoms with Gasteiger partial charge in [-0.05, 0) is 38.1 Å². The maximum absolute atomic E-state index is 3.35. The number of hydrogen-bond donors (Lipinski definition) is 1. The highest BCUT2D eigenvalue weighted by molar-refractivity contribution is 4.65.